The Labute approximate surface area is 112 Å². The molecule has 0 amide bonds. The summed E-state index contributed by atoms with van der Waals surface area (Å²) in [5.74, 6) is 0.659. The fraction of sp³-hybridized carbons (Fsp3) is 0.625. The molecule has 102 valence electrons. The molecule has 1 rings (SSSR count). The molecule has 1 aromatic rings. The van der Waals surface area contributed by atoms with Gasteiger partial charge in [0, 0.05) is 13.7 Å². The highest BCUT2D eigenvalue weighted by Gasteiger charge is 2.19. The van der Waals surface area contributed by atoms with Crippen molar-refractivity contribution in [3.63, 3.8) is 0 Å². The number of ether oxygens (including phenoxy) is 1. The summed E-state index contributed by atoms with van der Waals surface area (Å²) in [6.07, 6.45) is 0. The second-order valence-corrected chi connectivity index (χ2v) is 6.10. The second kappa shape index (κ2) is 6.91. The van der Waals surface area contributed by atoms with E-state index < -0.39 is 0 Å². The monoisotopic (exact) mass is 249 g/mol. The Bertz CT molecular complexity index is 354. The van der Waals surface area contributed by atoms with Crippen LogP contribution >= 0.6 is 0 Å². The molecule has 2 heteroatoms. The van der Waals surface area contributed by atoms with Gasteiger partial charge in [-0.05, 0) is 29.0 Å². The summed E-state index contributed by atoms with van der Waals surface area (Å²) >= 11 is 0. The first kappa shape index (κ1) is 15.2. The molecule has 0 fully saturated rings. The molecule has 1 atom stereocenters. The largest absolute Gasteiger partial charge is 0.380 e. The number of nitrogens with one attached hydrogen (secondary N) is 1. The van der Waals surface area contributed by atoms with E-state index in [4.69, 9.17) is 4.74 Å². The maximum atomic E-state index is 5.22. The highest BCUT2D eigenvalue weighted by atomic mass is 16.5. The Hall–Kier alpha value is -0.860. The van der Waals surface area contributed by atoms with E-state index in [0.29, 0.717) is 17.9 Å². The molecule has 0 saturated carbocycles. The van der Waals surface area contributed by atoms with E-state index in [1.165, 1.54) is 11.1 Å². The molecule has 1 aromatic carbocycles. The van der Waals surface area contributed by atoms with Crippen molar-refractivity contribution in [3.8, 4) is 0 Å². The van der Waals surface area contributed by atoms with Crippen molar-refractivity contribution in [2.75, 3.05) is 13.7 Å². The van der Waals surface area contributed by atoms with Crippen LogP contribution in [0, 0.1) is 11.3 Å². The summed E-state index contributed by atoms with van der Waals surface area (Å²) in [7, 11) is 1.74. The predicted molar refractivity (Wildman–Crippen MR) is 77.5 cm³/mol. The Morgan fingerprint density at radius 3 is 2.33 bits per heavy atom. The topological polar surface area (TPSA) is 21.3 Å². The number of hydrogen-bond donors (Lipinski definition) is 1. The third-order valence-electron chi connectivity index (χ3n) is 3.66. The van der Waals surface area contributed by atoms with Gasteiger partial charge in [0.1, 0.15) is 0 Å². The summed E-state index contributed by atoms with van der Waals surface area (Å²) < 4.78 is 5.22. The summed E-state index contributed by atoms with van der Waals surface area (Å²) in [5.41, 5.74) is 2.97. The molecule has 1 unspecified atom stereocenters. The van der Waals surface area contributed by atoms with Crippen LogP contribution < -0.4 is 5.32 Å². The number of benzene rings is 1. The molecule has 0 aliphatic carbocycles. The molecular weight excluding hydrogens is 222 g/mol. The van der Waals surface area contributed by atoms with Crippen molar-refractivity contribution in [2.45, 2.75) is 40.8 Å². The van der Waals surface area contributed by atoms with Gasteiger partial charge in [0.2, 0.25) is 0 Å². The fourth-order valence-corrected chi connectivity index (χ4v) is 1.76. The van der Waals surface area contributed by atoms with Crippen LogP contribution in [0.3, 0.4) is 0 Å². The van der Waals surface area contributed by atoms with Gasteiger partial charge in [-0.15, -0.1) is 0 Å². The molecular formula is C16H27NO. The van der Waals surface area contributed by atoms with Crippen LogP contribution in [0.2, 0.25) is 0 Å². The molecule has 0 bridgehead atoms. The second-order valence-electron chi connectivity index (χ2n) is 6.10. The van der Waals surface area contributed by atoms with Crippen molar-refractivity contribution in [3.05, 3.63) is 35.4 Å². The smallest absolute Gasteiger partial charge is 0.0716 e. The molecule has 0 radical (unpaired) electrons. The molecule has 0 spiro atoms. The van der Waals surface area contributed by atoms with E-state index in [9.17, 15) is 0 Å². The van der Waals surface area contributed by atoms with Crippen LogP contribution in [-0.2, 0) is 17.9 Å². The van der Waals surface area contributed by atoms with Gasteiger partial charge in [-0.3, -0.25) is 0 Å². The lowest BCUT2D eigenvalue weighted by atomic mass is 9.82. The lowest BCUT2D eigenvalue weighted by Gasteiger charge is -2.27. The summed E-state index contributed by atoms with van der Waals surface area (Å²) in [4.78, 5) is 0. The van der Waals surface area contributed by atoms with Crippen LogP contribution in [0.5, 0.6) is 0 Å². The highest BCUT2D eigenvalue weighted by Crippen LogP contribution is 2.24. The Morgan fingerprint density at radius 2 is 1.78 bits per heavy atom. The van der Waals surface area contributed by atoms with E-state index >= 15 is 0 Å². The number of hydrogen-bond acceptors (Lipinski definition) is 2. The summed E-state index contributed by atoms with van der Waals surface area (Å²) in [5, 5.41) is 3.55. The Kier molecular flexibility index (Phi) is 5.83. The predicted octanol–water partition coefficient (Wildman–Crippen LogP) is 3.60. The number of rotatable bonds is 6. The third kappa shape index (κ3) is 4.79. The average Bonchev–Trinajstić information content (AvgIpc) is 2.30. The minimum Gasteiger partial charge on any atom is -0.380 e. The van der Waals surface area contributed by atoms with Crippen LogP contribution in [0.15, 0.2) is 24.3 Å². The maximum Gasteiger partial charge on any atom is 0.0716 e. The maximum absolute atomic E-state index is 5.22. The van der Waals surface area contributed by atoms with Crippen LogP contribution in [0.25, 0.3) is 0 Å². The molecule has 0 aliphatic rings. The van der Waals surface area contributed by atoms with Crippen molar-refractivity contribution in [1.29, 1.82) is 0 Å². The van der Waals surface area contributed by atoms with E-state index in [0.717, 1.165) is 13.1 Å². The zero-order valence-electron chi connectivity index (χ0n) is 12.4. The molecule has 0 heterocycles. The third-order valence-corrected chi connectivity index (χ3v) is 3.66. The summed E-state index contributed by atoms with van der Waals surface area (Å²) in [6.45, 7) is 11.8. The SMILES string of the molecule is COCc1ccccc1CNCC(C)C(C)(C)C. The lowest BCUT2D eigenvalue weighted by molar-refractivity contribution is 0.184. The highest BCUT2D eigenvalue weighted by molar-refractivity contribution is 5.26. The fourth-order valence-electron chi connectivity index (χ4n) is 1.76. The zero-order chi connectivity index (χ0) is 13.6. The molecule has 0 saturated heterocycles. The van der Waals surface area contributed by atoms with Gasteiger partial charge in [0.05, 0.1) is 6.61 Å². The average molecular weight is 249 g/mol. The van der Waals surface area contributed by atoms with Gasteiger partial charge < -0.3 is 10.1 Å². The van der Waals surface area contributed by atoms with E-state index in [1.807, 2.05) is 0 Å². The normalized spacial score (nSPS) is 13.6. The van der Waals surface area contributed by atoms with Crippen molar-refractivity contribution in [1.82, 2.24) is 5.32 Å². The molecule has 0 aromatic heterocycles. The van der Waals surface area contributed by atoms with E-state index in [1.54, 1.807) is 7.11 Å². The minimum atomic E-state index is 0.360. The Balaban J connectivity index is 2.49. The zero-order valence-corrected chi connectivity index (χ0v) is 12.4. The Morgan fingerprint density at radius 1 is 1.17 bits per heavy atom. The lowest BCUT2D eigenvalue weighted by Crippen LogP contribution is -2.29. The van der Waals surface area contributed by atoms with E-state index in [-0.39, 0.29) is 0 Å². The standard InChI is InChI=1S/C16H27NO/c1-13(16(2,3)4)10-17-11-14-8-6-7-9-15(14)12-18-5/h6-9,13,17H,10-12H2,1-5H3. The summed E-state index contributed by atoms with van der Waals surface area (Å²) in [6, 6.07) is 8.45. The van der Waals surface area contributed by atoms with Crippen LogP contribution in [-0.4, -0.2) is 13.7 Å². The molecule has 2 nitrogen and oxygen atoms in total. The first-order chi connectivity index (χ1) is 8.45. The van der Waals surface area contributed by atoms with Gasteiger partial charge in [-0.25, -0.2) is 0 Å². The van der Waals surface area contributed by atoms with Gasteiger partial charge in [0.15, 0.2) is 0 Å². The van der Waals surface area contributed by atoms with Gasteiger partial charge in [0.25, 0.3) is 0 Å². The van der Waals surface area contributed by atoms with Crippen LogP contribution in [0.4, 0.5) is 0 Å². The first-order valence-electron chi connectivity index (χ1n) is 6.71. The molecule has 1 N–H and O–H groups in total. The minimum absolute atomic E-state index is 0.360. The first-order valence-corrected chi connectivity index (χ1v) is 6.71. The number of methoxy groups -OCH3 is 1. The van der Waals surface area contributed by atoms with Crippen molar-refractivity contribution in [2.24, 2.45) is 11.3 Å². The molecule has 0 aliphatic heterocycles. The quantitative estimate of drug-likeness (QED) is 0.831. The van der Waals surface area contributed by atoms with Crippen molar-refractivity contribution >= 4 is 0 Å². The van der Waals surface area contributed by atoms with Gasteiger partial charge >= 0.3 is 0 Å². The molecule has 18 heavy (non-hydrogen) atoms. The van der Waals surface area contributed by atoms with Gasteiger partial charge in [-0.2, -0.15) is 0 Å². The van der Waals surface area contributed by atoms with Crippen molar-refractivity contribution < 1.29 is 4.74 Å². The van der Waals surface area contributed by atoms with Gasteiger partial charge in [-0.1, -0.05) is 52.0 Å². The van der Waals surface area contributed by atoms with E-state index in [2.05, 4.69) is 57.3 Å². The van der Waals surface area contributed by atoms with Crippen LogP contribution in [0.1, 0.15) is 38.8 Å².